The Balaban J connectivity index is 1.25. The van der Waals surface area contributed by atoms with E-state index in [-0.39, 0.29) is 46.2 Å². The first-order valence-corrected chi connectivity index (χ1v) is 18.6. The minimum absolute atomic E-state index is 0.00693. The van der Waals surface area contributed by atoms with Gasteiger partial charge < -0.3 is 28.9 Å². The number of para-hydroxylation sites is 2. The summed E-state index contributed by atoms with van der Waals surface area (Å²) in [6.45, 7) is 3.18. The van der Waals surface area contributed by atoms with Crippen LogP contribution in [0.25, 0.3) is 0 Å². The number of esters is 1. The third-order valence-electron chi connectivity index (χ3n) is 9.59. The number of carbonyl (C=O) groups excluding carboxylic acids is 2. The monoisotopic (exact) mass is 799 g/mol. The normalized spacial score (nSPS) is 18.2. The summed E-state index contributed by atoms with van der Waals surface area (Å²) in [5.41, 5.74) is 2.11. The first-order valence-electron chi connectivity index (χ1n) is 17.8. The molecule has 0 saturated carbocycles. The first kappa shape index (κ1) is 39.8. The molecule has 3 saturated heterocycles. The number of anilines is 1. The third-order valence-corrected chi connectivity index (χ3v) is 10.2. The summed E-state index contributed by atoms with van der Waals surface area (Å²) in [6.07, 6.45) is 1.96. The van der Waals surface area contributed by atoms with Crippen LogP contribution in [0.1, 0.15) is 59.8 Å². The van der Waals surface area contributed by atoms with Gasteiger partial charge in [-0.2, -0.15) is 13.5 Å². The summed E-state index contributed by atoms with van der Waals surface area (Å²) in [6, 6.07) is 17.9. The van der Waals surface area contributed by atoms with Crippen molar-refractivity contribution in [2.75, 3.05) is 31.6 Å². The molecule has 3 aromatic carbocycles. The zero-order valence-corrected chi connectivity index (χ0v) is 32.0. The number of hydrogen-bond donors (Lipinski definition) is 0. The highest BCUT2D eigenvalue weighted by Crippen LogP contribution is 2.38. The van der Waals surface area contributed by atoms with Gasteiger partial charge in [-0.25, -0.2) is 9.59 Å². The molecule has 3 aliphatic heterocycles. The number of methoxy groups -OCH3 is 1. The second-order valence-corrected chi connectivity index (χ2v) is 14.5. The van der Waals surface area contributed by atoms with Crippen LogP contribution in [0.3, 0.4) is 0 Å². The van der Waals surface area contributed by atoms with Crippen LogP contribution < -0.4 is 23.8 Å². The van der Waals surface area contributed by atoms with Crippen LogP contribution >= 0.6 is 23.2 Å². The molecule has 3 aliphatic rings. The molecule has 4 heterocycles. The molecule has 7 rings (SSSR count). The van der Waals surface area contributed by atoms with Crippen LogP contribution in [0, 0.1) is 11.1 Å². The Morgan fingerprint density at radius 1 is 0.945 bits per heavy atom. The fraction of sp³-hybridized carbons (Fsp3) is 0.375. The van der Waals surface area contributed by atoms with Crippen LogP contribution in [0.4, 0.5) is 19.3 Å². The van der Waals surface area contributed by atoms with E-state index < -0.39 is 30.9 Å². The number of ether oxygens (including phenoxy) is 5. The molecule has 0 aliphatic carbocycles. The average molecular weight is 801 g/mol. The summed E-state index contributed by atoms with van der Waals surface area (Å²) >= 11 is 12.8. The van der Waals surface area contributed by atoms with E-state index >= 15 is 0 Å². The molecule has 4 aromatic rings. The van der Waals surface area contributed by atoms with E-state index in [1.807, 2.05) is 12.1 Å². The molecule has 0 radical (unpaired) electrons. The van der Waals surface area contributed by atoms with E-state index in [1.165, 1.54) is 30.2 Å². The van der Waals surface area contributed by atoms with E-state index in [4.69, 9.17) is 42.1 Å². The summed E-state index contributed by atoms with van der Waals surface area (Å²) in [5, 5.41) is 12.0. The average Bonchev–Trinajstić information content (AvgIpc) is 3.15. The summed E-state index contributed by atoms with van der Waals surface area (Å²) < 4.78 is 55.0. The number of pyridine rings is 1. The van der Waals surface area contributed by atoms with Crippen molar-refractivity contribution < 1.29 is 46.8 Å². The predicted molar refractivity (Wildman–Crippen MR) is 201 cm³/mol. The second-order valence-electron chi connectivity index (χ2n) is 13.7. The van der Waals surface area contributed by atoms with Crippen molar-refractivity contribution in [1.29, 1.82) is 0 Å². The lowest BCUT2D eigenvalue weighted by Gasteiger charge is -2.44. The lowest BCUT2D eigenvalue weighted by molar-refractivity contribution is -0.605. The molecular formula is C40H41Cl2F2N3O8. The molecule has 0 spiro atoms. The van der Waals surface area contributed by atoms with Crippen LogP contribution in [-0.4, -0.2) is 62.5 Å². The molecule has 1 aromatic heterocycles. The van der Waals surface area contributed by atoms with E-state index in [2.05, 4.69) is 9.64 Å². The van der Waals surface area contributed by atoms with Gasteiger partial charge in [-0.3, -0.25) is 9.80 Å². The zero-order valence-electron chi connectivity index (χ0n) is 30.5. The van der Waals surface area contributed by atoms with Gasteiger partial charge in [0.2, 0.25) is 0 Å². The molecule has 3 fully saturated rings. The predicted octanol–water partition coefficient (Wildman–Crippen LogP) is 8.40. The molecule has 15 heteroatoms. The highest BCUT2D eigenvalue weighted by molar-refractivity contribution is 6.35. The van der Waals surface area contributed by atoms with Crippen molar-refractivity contribution in [3.8, 4) is 17.2 Å². The van der Waals surface area contributed by atoms with Gasteiger partial charge in [0.25, 0.3) is 0 Å². The van der Waals surface area contributed by atoms with Crippen LogP contribution in [-0.2, 0) is 22.4 Å². The van der Waals surface area contributed by atoms with Crippen molar-refractivity contribution in [3.63, 3.8) is 0 Å². The minimum atomic E-state index is -3.10. The fourth-order valence-electron chi connectivity index (χ4n) is 6.87. The number of hydrogen-bond acceptors (Lipinski definition) is 9. The lowest BCUT2D eigenvalue weighted by atomic mass is 9.86. The quantitative estimate of drug-likeness (QED) is 0.0705. The van der Waals surface area contributed by atoms with Gasteiger partial charge in [0.1, 0.15) is 28.0 Å². The number of alkyl halides is 2. The molecule has 11 nitrogen and oxygen atoms in total. The number of rotatable bonds is 14. The Morgan fingerprint density at radius 3 is 2.25 bits per heavy atom. The number of amides is 1. The van der Waals surface area contributed by atoms with Crippen molar-refractivity contribution in [1.82, 2.24) is 4.90 Å². The maximum Gasteiger partial charge on any atom is 0.415 e. The molecule has 1 amide bonds. The Morgan fingerprint density at radius 2 is 1.64 bits per heavy atom. The third kappa shape index (κ3) is 9.88. The summed E-state index contributed by atoms with van der Waals surface area (Å²) in [4.78, 5) is 31.4. The largest absolute Gasteiger partial charge is 0.619 e. The van der Waals surface area contributed by atoms with Gasteiger partial charge in [0.05, 0.1) is 31.0 Å². The minimum Gasteiger partial charge on any atom is -0.619 e. The number of nitrogens with zero attached hydrogens (tertiary/aromatic N) is 3. The van der Waals surface area contributed by atoms with E-state index in [1.54, 1.807) is 50.2 Å². The van der Waals surface area contributed by atoms with Crippen molar-refractivity contribution >= 4 is 41.0 Å². The molecule has 292 valence electrons. The maximum atomic E-state index is 13.8. The van der Waals surface area contributed by atoms with E-state index in [9.17, 15) is 23.6 Å². The van der Waals surface area contributed by atoms with Gasteiger partial charge in [0, 0.05) is 18.5 Å². The second kappa shape index (κ2) is 17.7. The van der Waals surface area contributed by atoms with E-state index in [0.717, 1.165) is 38.3 Å². The smallest absolute Gasteiger partial charge is 0.415 e. The standard InChI is InChI=1S/C40H41Cl2F2N3O8/c1-24(2)52-36-18-28(12-13-34(36)54-39(43)44)35(19-29-30(41)21-46(50)22-31(29)42)53-38(48)27-10-8-25(9-11-27)20-47(32-6-4-5-7-33(32)51-3)40(49)55-37-23-45-16-14-26(37)15-17-45/h4-13,18,21-22,24,26,35,37,39H,14-17,19-20,23H2,1-3H3/t35?,37-/m0/s1. The molecule has 2 bridgehead atoms. The Bertz CT molecular complexity index is 1960. The molecule has 55 heavy (non-hydrogen) atoms. The van der Waals surface area contributed by atoms with E-state index in [0.29, 0.717) is 45.3 Å². The topological polar surface area (TPSA) is 114 Å². The first-order chi connectivity index (χ1) is 26.4. The lowest BCUT2D eigenvalue weighted by Crippen LogP contribution is -2.53. The summed E-state index contributed by atoms with van der Waals surface area (Å²) in [5.74, 6) is -0.100. The summed E-state index contributed by atoms with van der Waals surface area (Å²) in [7, 11) is 1.53. The van der Waals surface area contributed by atoms with Crippen LogP contribution in [0.2, 0.25) is 10.0 Å². The Hall–Kier alpha value is -4.85. The Kier molecular flexibility index (Phi) is 12.8. The zero-order chi connectivity index (χ0) is 39.2. The highest BCUT2D eigenvalue weighted by Gasteiger charge is 2.38. The Labute approximate surface area is 327 Å². The number of carbonyl (C=O) groups is 2. The fourth-order valence-corrected chi connectivity index (χ4v) is 7.47. The van der Waals surface area contributed by atoms with Crippen molar-refractivity contribution in [3.05, 3.63) is 117 Å². The van der Waals surface area contributed by atoms with Gasteiger partial charge in [-0.05, 0) is 93.2 Å². The maximum absolute atomic E-state index is 13.8. The SMILES string of the molecule is COc1ccccc1N(Cc1ccc(C(=O)OC(Cc2c(Cl)c[n+]([O-])cc2Cl)c2ccc(OC(F)F)c(OC(C)C)c2)cc1)C(=O)O[C@H]1CN2CCC1CC2. The van der Waals surface area contributed by atoms with Crippen LogP contribution in [0.15, 0.2) is 79.1 Å². The molecule has 0 N–H and O–H groups in total. The number of piperidine rings is 3. The van der Waals surface area contributed by atoms with Crippen molar-refractivity contribution in [2.45, 2.75) is 64.6 Å². The number of aromatic nitrogens is 1. The molecule has 1 unspecified atom stereocenters. The van der Waals surface area contributed by atoms with Crippen molar-refractivity contribution in [2.24, 2.45) is 5.92 Å². The van der Waals surface area contributed by atoms with Gasteiger partial charge in [0.15, 0.2) is 23.9 Å². The highest BCUT2D eigenvalue weighted by atomic mass is 35.5. The molecule has 2 atom stereocenters. The van der Waals surface area contributed by atoms with Gasteiger partial charge >= 0.3 is 18.7 Å². The molecular weight excluding hydrogens is 759 g/mol. The van der Waals surface area contributed by atoms with Gasteiger partial charge in [-0.15, -0.1) is 0 Å². The van der Waals surface area contributed by atoms with Gasteiger partial charge in [-0.1, -0.05) is 53.5 Å². The number of halogens is 4. The number of fused-ring (bicyclic) bond motifs is 3. The number of benzene rings is 3. The van der Waals surface area contributed by atoms with Crippen LogP contribution in [0.5, 0.6) is 17.2 Å².